The van der Waals surface area contributed by atoms with Gasteiger partial charge in [-0.2, -0.15) is 4.98 Å². The van der Waals surface area contributed by atoms with E-state index in [0.29, 0.717) is 24.4 Å². The highest BCUT2D eigenvalue weighted by Gasteiger charge is 2.18. The highest BCUT2D eigenvalue weighted by atomic mass is 16.5. The number of carbonyl (C=O) groups is 1. The van der Waals surface area contributed by atoms with Crippen LogP contribution in [0.5, 0.6) is 6.01 Å². The monoisotopic (exact) mass is 439 g/mol. The van der Waals surface area contributed by atoms with E-state index < -0.39 is 0 Å². The summed E-state index contributed by atoms with van der Waals surface area (Å²) in [6.45, 7) is 6.77. The number of hydrogen-bond donors (Lipinski definition) is 2. The van der Waals surface area contributed by atoms with Crippen LogP contribution in [-0.4, -0.2) is 54.4 Å². The van der Waals surface area contributed by atoms with Crippen molar-refractivity contribution in [1.29, 1.82) is 0 Å². The molecular weight excluding hydrogens is 402 g/mol. The number of carbonyl (C=O) groups excluding carboxylic acids is 1. The van der Waals surface area contributed by atoms with Crippen molar-refractivity contribution in [2.45, 2.75) is 52.0 Å². The number of rotatable bonds is 9. The number of nitrogens with one attached hydrogen (secondary N) is 2. The maximum absolute atomic E-state index is 10.4. The van der Waals surface area contributed by atoms with Crippen molar-refractivity contribution in [3.63, 3.8) is 0 Å². The van der Waals surface area contributed by atoms with Crippen molar-refractivity contribution in [2.24, 2.45) is 5.92 Å². The Bertz CT molecular complexity index is 835. The summed E-state index contributed by atoms with van der Waals surface area (Å²) < 4.78 is 5.55. The second-order valence-electron chi connectivity index (χ2n) is 8.65. The fourth-order valence-corrected chi connectivity index (χ4v) is 3.93. The van der Waals surface area contributed by atoms with E-state index in [9.17, 15) is 4.79 Å². The summed E-state index contributed by atoms with van der Waals surface area (Å²) in [6, 6.07) is 9.22. The third kappa shape index (κ3) is 7.79. The fraction of sp³-hybridized carbons (Fsp3) is 0.560. The lowest BCUT2D eigenvalue weighted by Crippen LogP contribution is -2.29. The first-order chi connectivity index (χ1) is 15.7. The summed E-state index contributed by atoms with van der Waals surface area (Å²) >= 11 is 0. The SMILES string of the molecule is CNc1cnc(OCC2CCC2)nc1NCC=O.Cc1cccc(CN2CCCCC2)c1. The quantitative estimate of drug-likeness (QED) is 0.564. The molecule has 1 saturated heterocycles. The summed E-state index contributed by atoms with van der Waals surface area (Å²) in [5, 5.41) is 5.87. The third-order valence-corrected chi connectivity index (χ3v) is 6.00. The molecule has 2 heterocycles. The lowest BCUT2D eigenvalue weighted by atomic mass is 9.86. The van der Waals surface area contributed by atoms with Crippen LogP contribution in [0.1, 0.15) is 49.7 Å². The van der Waals surface area contributed by atoms with Crippen LogP contribution < -0.4 is 15.4 Å². The van der Waals surface area contributed by atoms with Gasteiger partial charge >= 0.3 is 6.01 Å². The number of anilines is 2. The van der Waals surface area contributed by atoms with Gasteiger partial charge < -0.3 is 20.2 Å². The number of aryl methyl sites for hydroxylation is 1. The standard InChI is InChI=1S/C13H19N.C12H18N4O2/c1-12-6-5-7-13(10-12)11-14-8-3-2-4-9-14;1-13-10-7-15-12(16-11(10)14-5-6-17)18-8-9-3-2-4-9/h5-7,10H,2-4,8-9,11H2,1H3;6-7,9,13H,2-5,8H2,1H3,(H,14,15,16). The average molecular weight is 440 g/mol. The fourth-order valence-electron chi connectivity index (χ4n) is 3.93. The Morgan fingerprint density at radius 3 is 2.66 bits per heavy atom. The van der Waals surface area contributed by atoms with E-state index in [2.05, 4.69) is 56.7 Å². The van der Waals surface area contributed by atoms with Crippen LogP contribution in [0.15, 0.2) is 30.5 Å². The minimum Gasteiger partial charge on any atom is -0.463 e. The van der Waals surface area contributed by atoms with Crippen LogP contribution in [0.4, 0.5) is 11.5 Å². The molecular formula is C25H37N5O2. The number of ether oxygens (including phenoxy) is 1. The summed E-state index contributed by atoms with van der Waals surface area (Å²) in [6.07, 6.45) is 10.4. The number of hydrogen-bond acceptors (Lipinski definition) is 7. The van der Waals surface area contributed by atoms with Gasteiger partial charge in [0.1, 0.15) is 6.29 Å². The van der Waals surface area contributed by atoms with Crippen LogP contribution >= 0.6 is 0 Å². The maximum Gasteiger partial charge on any atom is 0.318 e. The Hall–Kier alpha value is -2.67. The smallest absolute Gasteiger partial charge is 0.318 e. The molecule has 2 aromatic rings. The van der Waals surface area contributed by atoms with Crippen LogP contribution in [0.25, 0.3) is 0 Å². The number of nitrogens with zero attached hydrogens (tertiary/aromatic N) is 3. The van der Waals surface area contributed by atoms with Crippen LogP contribution in [0.3, 0.4) is 0 Å². The van der Waals surface area contributed by atoms with Gasteiger partial charge in [-0.05, 0) is 57.2 Å². The van der Waals surface area contributed by atoms with Gasteiger partial charge in [0.2, 0.25) is 0 Å². The summed E-state index contributed by atoms with van der Waals surface area (Å²) in [5.41, 5.74) is 3.58. The third-order valence-electron chi connectivity index (χ3n) is 6.00. The topological polar surface area (TPSA) is 79.4 Å². The largest absolute Gasteiger partial charge is 0.463 e. The van der Waals surface area contributed by atoms with Crippen molar-refractivity contribution >= 4 is 17.8 Å². The zero-order valence-corrected chi connectivity index (χ0v) is 19.5. The van der Waals surface area contributed by atoms with Gasteiger partial charge in [-0.15, -0.1) is 0 Å². The second-order valence-corrected chi connectivity index (χ2v) is 8.65. The minimum atomic E-state index is 0.216. The van der Waals surface area contributed by atoms with Gasteiger partial charge in [0.25, 0.3) is 0 Å². The molecule has 32 heavy (non-hydrogen) atoms. The van der Waals surface area contributed by atoms with E-state index in [1.54, 1.807) is 13.2 Å². The molecule has 4 rings (SSSR count). The Labute approximate surface area is 192 Å². The molecule has 1 aromatic heterocycles. The van der Waals surface area contributed by atoms with E-state index >= 15 is 0 Å². The van der Waals surface area contributed by atoms with Gasteiger partial charge in [-0.25, -0.2) is 4.98 Å². The number of aldehydes is 1. The van der Waals surface area contributed by atoms with E-state index in [1.165, 1.54) is 62.7 Å². The molecule has 1 aliphatic carbocycles. The molecule has 1 saturated carbocycles. The predicted octanol–water partition coefficient (Wildman–Crippen LogP) is 4.29. The molecule has 2 N–H and O–H groups in total. The summed E-state index contributed by atoms with van der Waals surface area (Å²) in [5.74, 6) is 1.23. The molecule has 0 bridgehead atoms. The maximum atomic E-state index is 10.4. The number of piperidine rings is 1. The number of benzene rings is 1. The molecule has 0 atom stereocenters. The van der Waals surface area contributed by atoms with Gasteiger partial charge in [0, 0.05) is 13.6 Å². The van der Waals surface area contributed by atoms with Crippen molar-refractivity contribution in [1.82, 2.24) is 14.9 Å². The van der Waals surface area contributed by atoms with Crippen molar-refractivity contribution in [3.05, 3.63) is 41.6 Å². The first-order valence-electron chi connectivity index (χ1n) is 11.8. The van der Waals surface area contributed by atoms with Crippen LogP contribution in [0, 0.1) is 12.8 Å². The average Bonchev–Trinajstić information content (AvgIpc) is 2.78. The minimum absolute atomic E-state index is 0.216. The van der Waals surface area contributed by atoms with E-state index in [0.717, 1.165) is 18.5 Å². The van der Waals surface area contributed by atoms with E-state index in [4.69, 9.17) is 4.74 Å². The molecule has 2 aliphatic rings. The van der Waals surface area contributed by atoms with Gasteiger partial charge in [0.05, 0.1) is 25.0 Å². The van der Waals surface area contributed by atoms with Crippen LogP contribution in [0.2, 0.25) is 0 Å². The zero-order chi connectivity index (χ0) is 22.6. The molecule has 0 spiro atoms. The van der Waals surface area contributed by atoms with Crippen molar-refractivity contribution in [2.75, 3.05) is 43.9 Å². The Kier molecular flexibility index (Phi) is 9.75. The van der Waals surface area contributed by atoms with Crippen molar-refractivity contribution in [3.8, 4) is 6.01 Å². The lowest BCUT2D eigenvalue weighted by Gasteiger charge is -2.26. The second kappa shape index (κ2) is 13.0. The molecule has 174 valence electrons. The molecule has 2 fully saturated rings. The predicted molar refractivity (Wildman–Crippen MR) is 129 cm³/mol. The first-order valence-corrected chi connectivity index (χ1v) is 11.8. The highest BCUT2D eigenvalue weighted by molar-refractivity contribution is 5.67. The number of aromatic nitrogens is 2. The molecule has 7 nitrogen and oxygen atoms in total. The molecule has 0 unspecified atom stereocenters. The normalized spacial score (nSPS) is 16.3. The number of likely N-dealkylation sites (tertiary alicyclic amines) is 1. The highest BCUT2D eigenvalue weighted by Crippen LogP contribution is 2.27. The lowest BCUT2D eigenvalue weighted by molar-refractivity contribution is -0.106. The van der Waals surface area contributed by atoms with Crippen LogP contribution in [-0.2, 0) is 11.3 Å². The molecule has 0 amide bonds. The Balaban J connectivity index is 0.000000186. The zero-order valence-electron chi connectivity index (χ0n) is 19.5. The van der Waals surface area contributed by atoms with Gasteiger partial charge in [-0.1, -0.05) is 42.7 Å². The molecule has 1 aromatic carbocycles. The van der Waals surface area contributed by atoms with E-state index in [-0.39, 0.29) is 6.54 Å². The summed E-state index contributed by atoms with van der Waals surface area (Å²) in [7, 11) is 1.78. The molecule has 7 heteroatoms. The first kappa shape index (κ1) is 24.0. The van der Waals surface area contributed by atoms with Crippen molar-refractivity contribution < 1.29 is 9.53 Å². The Morgan fingerprint density at radius 1 is 1.19 bits per heavy atom. The molecule has 1 aliphatic heterocycles. The van der Waals surface area contributed by atoms with Gasteiger partial charge in [-0.3, -0.25) is 4.90 Å². The van der Waals surface area contributed by atoms with Gasteiger partial charge in [0.15, 0.2) is 5.82 Å². The Morgan fingerprint density at radius 2 is 2.00 bits per heavy atom. The van der Waals surface area contributed by atoms with E-state index in [1.807, 2.05) is 0 Å². The molecule has 0 radical (unpaired) electrons. The summed E-state index contributed by atoms with van der Waals surface area (Å²) in [4.78, 5) is 21.3.